The molecule has 1 amide bonds. The number of likely N-dealkylation sites (tertiary alicyclic amines) is 1. The lowest BCUT2D eigenvalue weighted by atomic mass is 10.1. The van der Waals surface area contributed by atoms with E-state index < -0.39 is 0 Å². The highest BCUT2D eigenvalue weighted by Crippen LogP contribution is 2.19. The first-order valence-electron chi connectivity index (χ1n) is 7.99. The summed E-state index contributed by atoms with van der Waals surface area (Å²) in [6.45, 7) is 7.42. The second-order valence-corrected chi connectivity index (χ2v) is 6.25. The number of amides is 1. The highest BCUT2D eigenvalue weighted by Gasteiger charge is 2.28. The second-order valence-electron chi connectivity index (χ2n) is 6.25. The molecule has 0 saturated carbocycles. The molecule has 23 heavy (non-hydrogen) atoms. The van der Waals surface area contributed by atoms with Crippen molar-refractivity contribution in [3.8, 4) is 5.88 Å². The van der Waals surface area contributed by atoms with Gasteiger partial charge in [0.2, 0.25) is 5.88 Å². The van der Waals surface area contributed by atoms with Gasteiger partial charge in [0, 0.05) is 30.8 Å². The molecule has 0 N–H and O–H groups in total. The Morgan fingerprint density at radius 1 is 1.17 bits per heavy atom. The third kappa shape index (κ3) is 3.52. The number of pyridine rings is 1. The van der Waals surface area contributed by atoms with Crippen molar-refractivity contribution in [3.63, 3.8) is 0 Å². The highest BCUT2D eigenvalue weighted by molar-refractivity contribution is 5.94. The molecule has 1 aromatic heterocycles. The molecule has 1 aromatic carbocycles. The summed E-state index contributed by atoms with van der Waals surface area (Å²) in [7, 11) is 0. The van der Waals surface area contributed by atoms with Gasteiger partial charge in [-0.1, -0.05) is 12.1 Å². The zero-order valence-electron chi connectivity index (χ0n) is 13.9. The Bertz CT molecular complexity index is 710. The maximum absolute atomic E-state index is 12.6. The molecule has 0 spiro atoms. The van der Waals surface area contributed by atoms with Crippen molar-refractivity contribution in [1.29, 1.82) is 0 Å². The average Bonchev–Trinajstić information content (AvgIpc) is 3.00. The minimum absolute atomic E-state index is 0.0145. The molecular weight excluding hydrogens is 288 g/mol. The number of hydrogen-bond acceptors (Lipinski definition) is 3. The molecule has 1 aliphatic rings. The monoisotopic (exact) mass is 310 g/mol. The van der Waals surface area contributed by atoms with Crippen LogP contribution >= 0.6 is 0 Å². The van der Waals surface area contributed by atoms with Crippen LogP contribution in [0.1, 0.15) is 33.5 Å². The largest absolute Gasteiger partial charge is 0.472 e. The number of benzene rings is 1. The fraction of sp³-hybridized carbons (Fsp3) is 0.368. The lowest BCUT2D eigenvalue weighted by molar-refractivity contribution is 0.0771. The maximum Gasteiger partial charge on any atom is 0.253 e. The van der Waals surface area contributed by atoms with Crippen molar-refractivity contribution < 1.29 is 9.53 Å². The van der Waals surface area contributed by atoms with Crippen LogP contribution in [0.4, 0.5) is 0 Å². The van der Waals surface area contributed by atoms with Gasteiger partial charge in [0.15, 0.2) is 0 Å². The topological polar surface area (TPSA) is 42.4 Å². The normalized spacial score (nSPS) is 17.3. The number of hydrogen-bond donors (Lipinski definition) is 0. The summed E-state index contributed by atoms with van der Waals surface area (Å²) < 4.78 is 5.88. The van der Waals surface area contributed by atoms with Crippen molar-refractivity contribution in [2.75, 3.05) is 13.1 Å². The molecular formula is C19H22N2O2. The first-order valence-corrected chi connectivity index (χ1v) is 7.99. The Balaban J connectivity index is 1.63. The Hall–Kier alpha value is -2.36. The van der Waals surface area contributed by atoms with Gasteiger partial charge in [-0.3, -0.25) is 4.79 Å². The molecule has 1 atom stereocenters. The third-order valence-electron chi connectivity index (χ3n) is 4.36. The maximum atomic E-state index is 12.6. The van der Waals surface area contributed by atoms with Gasteiger partial charge in [-0.15, -0.1) is 0 Å². The van der Waals surface area contributed by atoms with Crippen molar-refractivity contribution >= 4 is 5.91 Å². The molecule has 1 fully saturated rings. The summed E-state index contributed by atoms with van der Waals surface area (Å²) in [5.41, 5.74) is 4.21. The van der Waals surface area contributed by atoms with E-state index in [4.69, 9.17) is 4.74 Å². The third-order valence-corrected chi connectivity index (χ3v) is 4.36. The summed E-state index contributed by atoms with van der Waals surface area (Å²) in [5, 5.41) is 0. The lowest BCUT2D eigenvalue weighted by Gasteiger charge is -2.17. The molecule has 1 unspecified atom stereocenters. The van der Waals surface area contributed by atoms with Crippen LogP contribution in [-0.4, -0.2) is 35.0 Å². The summed E-state index contributed by atoms with van der Waals surface area (Å²) in [5.74, 6) is 0.706. The lowest BCUT2D eigenvalue weighted by Crippen LogP contribution is -2.31. The van der Waals surface area contributed by atoms with Gasteiger partial charge in [0.05, 0.1) is 6.54 Å². The van der Waals surface area contributed by atoms with Crippen molar-refractivity contribution in [3.05, 3.63) is 58.8 Å². The number of ether oxygens (including phenoxy) is 1. The molecule has 0 radical (unpaired) electrons. The van der Waals surface area contributed by atoms with E-state index in [2.05, 4.69) is 11.9 Å². The quantitative estimate of drug-likeness (QED) is 0.873. The first kappa shape index (κ1) is 15.5. The second kappa shape index (κ2) is 6.41. The van der Waals surface area contributed by atoms with Crippen molar-refractivity contribution in [2.45, 2.75) is 33.3 Å². The number of aryl methyl sites for hydroxylation is 3. The van der Waals surface area contributed by atoms with E-state index in [1.54, 1.807) is 6.20 Å². The van der Waals surface area contributed by atoms with Crippen LogP contribution in [-0.2, 0) is 0 Å². The number of carbonyl (C=O) groups excluding carboxylic acids is 1. The molecule has 0 aliphatic carbocycles. The van der Waals surface area contributed by atoms with Crippen LogP contribution in [0.5, 0.6) is 5.88 Å². The van der Waals surface area contributed by atoms with Gasteiger partial charge in [-0.25, -0.2) is 4.98 Å². The predicted octanol–water partition coefficient (Wildman–Crippen LogP) is 3.30. The van der Waals surface area contributed by atoms with Gasteiger partial charge in [0.25, 0.3) is 5.91 Å². The molecule has 1 saturated heterocycles. The summed E-state index contributed by atoms with van der Waals surface area (Å²) in [6, 6.07) is 9.73. The van der Waals surface area contributed by atoms with Gasteiger partial charge >= 0.3 is 0 Å². The molecule has 2 heterocycles. The number of aromatic nitrogens is 1. The standard InChI is InChI=1S/C19H22N2O2/c1-13-4-7-18(20-11-13)23-17-8-9-21(12-17)19(22)16-6-5-14(2)15(3)10-16/h4-7,10-11,17H,8-9,12H2,1-3H3. The van der Waals surface area contributed by atoms with Crippen LogP contribution in [0.3, 0.4) is 0 Å². The van der Waals surface area contributed by atoms with E-state index in [1.165, 1.54) is 5.56 Å². The van der Waals surface area contributed by atoms with Gasteiger partial charge in [0.1, 0.15) is 6.10 Å². The zero-order chi connectivity index (χ0) is 16.4. The first-order chi connectivity index (χ1) is 11.0. The van der Waals surface area contributed by atoms with Crippen molar-refractivity contribution in [2.24, 2.45) is 0 Å². The van der Waals surface area contributed by atoms with E-state index in [0.717, 1.165) is 29.7 Å². The average molecular weight is 310 g/mol. The van der Waals surface area contributed by atoms with Crippen LogP contribution in [0.25, 0.3) is 0 Å². The molecule has 0 bridgehead atoms. The Kier molecular flexibility index (Phi) is 4.33. The van der Waals surface area contributed by atoms with Gasteiger partial charge in [-0.2, -0.15) is 0 Å². The molecule has 2 aromatic rings. The molecule has 1 aliphatic heterocycles. The van der Waals surface area contributed by atoms with E-state index in [0.29, 0.717) is 12.4 Å². The predicted molar refractivity (Wildman–Crippen MR) is 89.8 cm³/mol. The fourth-order valence-corrected chi connectivity index (χ4v) is 2.76. The molecule has 120 valence electrons. The molecule has 4 nitrogen and oxygen atoms in total. The van der Waals surface area contributed by atoms with Crippen LogP contribution < -0.4 is 4.74 Å². The van der Waals surface area contributed by atoms with Crippen LogP contribution in [0, 0.1) is 20.8 Å². The SMILES string of the molecule is Cc1ccc(OC2CCN(C(=O)c3ccc(C)c(C)c3)C2)nc1. The van der Waals surface area contributed by atoms with E-state index in [1.807, 2.05) is 49.1 Å². The molecule has 3 rings (SSSR count). The van der Waals surface area contributed by atoms with E-state index >= 15 is 0 Å². The van der Waals surface area contributed by atoms with Gasteiger partial charge in [-0.05, 0) is 49.6 Å². The van der Waals surface area contributed by atoms with Gasteiger partial charge < -0.3 is 9.64 Å². The van der Waals surface area contributed by atoms with E-state index in [9.17, 15) is 4.79 Å². The molecule has 4 heteroatoms. The Morgan fingerprint density at radius 2 is 2.00 bits per heavy atom. The number of nitrogens with zero attached hydrogens (tertiary/aromatic N) is 2. The van der Waals surface area contributed by atoms with Crippen LogP contribution in [0.2, 0.25) is 0 Å². The van der Waals surface area contributed by atoms with Crippen molar-refractivity contribution in [1.82, 2.24) is 9.88 Å². The summed E-state index contributed by atoms with van der Waals surface area (Å²) >= 11 is 0. The fourth-order valence-electron chi connectivity index (χ4n) is 2.76. The van der Waals surface area contributed by atoms with E-state index in [-0.39, 0.29) is 12.0 Å². The Morgan fingerprint density at radius 3 is 2.70 bits per heavy atom. The van der Waals surface area contributed by atoms with Crippen LogP contribution in [0.15, 0.2) is 36.5 Å². The minimum Gasteiger partial charge on any atom is -0.472 e. The zero-order valence-corrected chi connectivity index (χ0v) is 13.9. The highest BCUT2D eigenvalue weighted by atomic mass is 16.5. The summed E-state index contributed by atoms with van der Waals surface area (Å²) in [4.78, 5) is 18.7. The number of rotatable bonds is 3. The summed E-state index contributed by atoms with van der Waals surface area (Å²) in [6.07, 6.45) is 2.65. The Labute approximate surface area is 137 Å². The number of carbonyl (C=O) groups is 1. The smallest absolute Gasteiger partial charge is 0.253 e. The minimum atomic E-state index is 0.0145.